The Bertz CT molecular complexity index is 721. The molecule has 1 fully saturated rings. The monoisotopic (exact) mass is 307 g/mol. The van der Waals surface area contributed by atoms with E-state index in [1.54, 1.807) is 22.8 Å². The average Bonchev–Trinajstić information content (AvgIpc) is 3.23. The van der Waals surface area contributed by atoms with Crippen LogP contribution < -0.4 is 5.69 Å². The van der Waals surface area contributed by atoms with E-state index in [2.05, 4.69) is 10.2 Å². The highest BCUT2D eigenvalue weighted by molar-refractivity contribution is 7.99. The molecule has 0 radical (unpaired) electrons. The molecule has 110 valence electrons. The number of aromatic nitrogens is 3. The molecule has 1 aromatic heterocycles. The quantitative estimate of drug-likeness (QED) is 0.828. The topological polar surface area (TPSA) is 67.8 Å². The van der Waals surface area contributed by atoms with E-state index in [1.165, 1.54) is 17.8 Å². The molecular weight excluding hydrogens is 293 g/mol. The zero-order chi connectivity index (χ0) is 14.8. The van der Waals surface area contributed by atoms with Gasteiger partial charge in [-0.05, 0) is 24.5 Å². The first-order valence-electron chi connectivity index (χ1n) is 6.70. The molecule has 21 heavy (non-hydrogen) atoms. The fraction of sp³-hybridized carbons (Fsp3) is 0.357. The Kier molecular flexibility index (Phi) is 3.92. The molecule has 0 saturated heterocycles. The number of carbonyl (C=O) groups excluding carboxylic acids is 1. The van der Waals surface area contributed by atoms with E-state index in [0.29, 0.717) is 10.7 Å². The summed E-state index contributed by atoms with van der Waals surface area (Å²) in [5.74, 6) is -0.292. The van der Waals surface area contributed by atoms with Gasteiger partial charge in [0, 0.05) is 12.5 Å². The van der Waals surface area contributed by atoms with E-state index < -0.39 is 0 Å². The lowest BCUT2D eigenvalue weighted by Gasteiger charge is -2.04. The summed E-state index contributed by atoms with van der Waals surface area (Å²) in [5, 5.41) is 6.87. The summed E-state index contributed by atoms with van der Waals surface area (Å²) in [4.78, 5) is 23.5. The Morgan fingerprint density at radius 2 is 2.19 bits per heavy atom. The number of nitrogens with zero attached hydrogens (tertiary/aromatic N) is 2. The van der Waals surface area contributed by atoms with Gasteiger partial charge in [0.15, 0.2) is 5.16 Å². The highest BCUT2D eigenvalue weighted by Gasteiger charge is 2.28. The second-order valence-corrected chi connectivity index (χ2v) is 5.95. The van der Waals surface area contributed by atoms with Crippen molar-refractivity contribution in [3.05, 3.63) is 46.1 Å². The molecule has 0 aliphatic heterocycles. The number of rotatable bonds is 6. The van der Waals surface area contributed by atoms with Crippen molar-refractivity contribution in [1.29, 1.82) is 0 Å². The standard InChI is InChI=1S/C14H14FN3O2S/c15-12-4-2-1-3-9(12)7-11(19)8-21-14-17-16-13(20)18(14)10-5-6-10/h1-4,10H,5-8H2,(H,16,20). The fourth-order valence-electron chi connectivity index (χ4n) is 2.10. The van der Waals surface area contributed by atoms with Crippen LogP contribution in [-0.4, -0.2) is 26.3 Å². The molecular formula is C14H14FN3O2S. The molecule has 7 heteroatoms. The van der Waals surface area contributed by atoms with Crippen molar-refractivity contribution in [2.75, 3.05) is 5.75 Å². The molecule has 5 nitrogen and oxygen atoms in total. The third-order valence-corrected chi connectivity index (χ3v) is 4.30. The van der Waals surface area contributed by atoms with Gasteiger partial charge < -0.3 is 0 Å². The van der Waals surface area contributed by atoms with Crippen molar-refractivity contribution in [3.8, 4) is 0 Å². The van der Waals surface area contributed by atoms with Crippen LogP contribution in [0.3, 0.4) is 0 Å². The lowest BCUT2D eigenvalue weighted by molar-refractivity contribution is -0.116. The molecule has 1 aromatic carbocycles. The van der Waals surface area contributed by atoms with Gasteiger partial charge in [0.05, 0.1) is 5.75 Å². The second kappa shape index (κ2) is 5.85. The molecule has 1 aliphatic carbocycles. The smallest absolute Gasteiger partial charge is 0.298 e. The average molecular weight is 307 g/mol. The van der Waals surface area contributed by atoms with E-state index in [4.69, 9.17) is 0 Å². The third-order valence-electron chi connectivity index (χ3n) is 3.29. The zero-order valence-electron chi connectivity index (χ0n) is 11.2. The zero-order valence-corrected chi connectivity index (χ0v) is 12.0. The summed E-state index contributed by atoms with van der Waals surface area (Å²) in [6.07, 6.45) is 1.99. The van der Waals surface area contributed by atoms with Gasteiger partial charge in [-0.15, -0.1) is 5.10 Å². The Morgan fingerprint density at radius 1 is 1.43 bits per heavy atom. The van der Waals surface area contributed by atoms with Crippen LogP contribution in [0.15, 0.2) is 34.2 Å². The number of Topliss-reactive ketones (excluding diaryl/α,β-unsaturated/α-hetero) is 1. The highest BCUT2D eigenvalue weighted by atomic mass is 32.2. The summed E-state index contributed by atoms with van der Waals surface area (Å²) in [6.45, 7) is 0. The minimum Gasteiger partial charge on any atom is -0.298 e. The van der Waals surface area contributed by atoms with Gasteiger partial charge in [0.25, 0.3) is 0 Å². The fourth-order valence-corrected chi connectivity index (χ4v) is 2.97. The van der Waals surface area contributed by atoms with Crippen LogP contribution in [0, 0.1) is 5.82 Å². The maximum atomic E-state index is 13.5. The molecule has 1 N–H and O–H groups in total. The first-order valence-corrected chi connectivity index (χ1v) is 7.68. The summed E-state index contributed by atoms with van der Waals surface area (Å²) in [6, 6.07) is 6.45. The van der Waals surface area contributed by atoms with Gasteiger partial charge in [-0.25, -0.2) is 14.3 Å². The number of H-pyrrole nitrogens is 1. The van der Waals surface area contributed by atoms with Crippen molar-refractivity contribution < 1.29 is 9.18 Å². The molecule has 0 atom stereocenters. The molecule has 1 saturated carbocycles. The van der Waals surface area contributed by atoms with E-state index in [9.17, 15) is 14.0 Å². The van der Waals surface area contributed by atoms with Gasteiger partial charge in [-0.1, -0.05) is 30.0 Å². The van der Waals surface area contributed by atoms with Crippen molar-refractivity contribution >= 4 is 17.5 Å². The first kappa shape index (κ1) is 14.1. The van der Waals surface area contributed by atoms with E-state index in [-0.39, 0.29) is 35.5 Å². The highest BCUT2D eigenvalue weighted by Crippen LogP contribution is 2.36. The normalized spacial score (nSPS) is 14.3. The van der Waals surface area contributed by atoms with Gasteiger partial charge in [0.2, 0.25) is 0 Å². The van der Waals surface area contributed by atoms with Crippen molar-refractivity contribution in [1.82, 2.24) is 14.8 Å². The van der Waals surface area contributed by atoms with E-state index >= 15 is 0 Å². The lowest BCUT2D eigenvalue weighted by atomic mass is 10.1. The minimum absolute atomic E-state index is 0.0533. The SMILES string of the molecule is O=C(CSc1n[nH]c(=O)n1C1CC1)Cc1ccccc1F. The second-order valence-electron chi connectivity index (χ2n) is 5.01. The summed E-state index contributed by atoms with van der Waals surface area (Å²) in [7, 11) is 0. The first-order chi connectivity index (χ1) is 10.1. The Hall–Kier alpha value is -1.89. The van der Waals surface area contributed by atoms with Crippen LogP contribution in [0.1, 0.15) is 24.4 Å². The molecule has 1 heterocycles. The Morgan fingerprint density at radius 3 is 2.90 bits per heavy atom. The number of hydrogen-bond acceptors (Lipinski definition) is 4. The van der Waals surface area contributed by atoms with Gasteiger partial charge in [-0.3, -0.25) is 9.36 Å². The van der Waals surface area contributed by atoms with Crippen LogP contribution in [0.25, 0.3) is 0 Å². The third kappa shape index (κ3) is 3.24. The number of thioether (sulfide) groups is 1. The van der Waals surface area contributed by atoms with Crippen molar-refractivity contribution in [3.63, 3.8) is 0 Å². The van der Waals surface area contributed by atoms with Crippen LogP contribution >= 0.6 is 11.8 Å². The molecule has 0 amide bonds. The van der Waals surface area contributed by atoms with Crippen molar-refractivity contribution in [2.24, 2.45) is 0 Å². The van der Waals surface area contributed by atoms with Gasteiger partial charge in [0.1, 0.15) is 11.6 Å². The lowest BCUT2D eigenvalue weighted by Crippen LogP contribution is -2.16. The number of ketones is 1. The summed E-state index contributed by atoms with van der Waals surface area (Å²) >= 11 is 1.22. The number of benzene rings is 1. The molecule has 0 spiro atoms. The largest absolute Gasteiger partial charge is 0.344 e. The number of hydrogen-bond donors (Lipinski definition) is 1. The van der Waals surface area contributed by atoms with Crippen LogP contribution in [0.5, 0.6) is 0 Å². The van der Waals surface area contributed by atoms with Gasteiger partial charge in [-0.2, -0.15) is 0 Å². The predicted octanol–water partition coefficient (Wildman–Crippen LogP) is 1.95. The van der Waals surface area contributed by atoms with E-state index in [0.717, 1.165) is 12.8 Å². The minimum atomic E-state index is -0.370. The Balaban J connectivity index is 1.62. The summed E-state index contributed by atoms with van der Waals surface area (Å²) in [5.41, 5.74) is 0.159. The molecule has 0 unspecified atom stereocenters. The number of halogens is 1. The van der Waals surface area contributed by atoms with Crippen LogP contribution in [0.2, 0.25) is 0 Å². The van der Waals surface area contributed by atoms with Crippen molar-refractivity contribution in [2.45, 2.75) is 30.5 Å². The number of aromatic amines is 1. The molecule has 1 aliphatic rings. The number of nitrogens with one attached hydrogen (secondary N) is 1. The molecule has 3 rings (SSSR count). The van der Waals surface area contributed by atoms with Crippen LogP contribution in [-0.2, 0) is 11.2 Å². The summed E-state index contributed by atoms with van der Waals surface area (Å²) < 4.78 is 15.1. The maximum Gasteiger partial charge on any atom is 0.344 e. The van der Waals surface area contributed by atoms with Gasteiger partial charge >= 0.3 is 5.69 Å². The van der Waals surface area contributed by atoms with Crippen LogP contribution in [0.4, 0.5) is 4.39 Å². The maximum absolute atomic E-state index is 13.5. The van der Waals surface area contributed by atoms with E-state index in [1.807, 2.05) is 0 Å². The molecule has 0 bridgehead atoms. The number of carbonyl (C=O) groups is 1. The Labute approximate surface area is 124 Å². The predicted molar refractivity (Wildman–Crippen MR) is 77.0 cm³/mol. The molecule has 2 aromatic rings.